The number of aromatic carboxylic acids is 1. The Hall–Kier alpha value is -2.89. The van der Waals surface area contributed by atoms with E-state index in [1.165, 1.54) is 0 Å². The lowest BCUT2D eigenvalue weighted by Crippen LogP contribution is -2.11. The number of nitrogens with one attached hydrogen (secondary N) is 1. The summed E-state index contributed by atoms with van der Waals surface area (Å²) in [5.74, 6) is -0.391. The number of hydrogen-bond acceptors (Lipinski definition) is 4. The molecule has 2 heterocycles. The highest BCUT2D eigenvalue weighted by molar-refractivity contribution is 6.03. The highest BCUT2D eigenvalue weighted by Crippen LogP contribution is 2.20. The summed E-state index contributed by atoms with van der Waals surface area (Å²) in [6, 6.07) is 8.79. The number of aromatic nitrogens is 3. The molecular formula is C15H14N4O2. The van der Waals surface area contributed by atoms with Gasteiger partial charge in [0, 0.05) is 30.9 Å². The van der Waals surface area contributed by atoms with Crippen molar-refractivity contribution in [2.24, 2.45) is 0 Å². The standard InChI is InChI=1S/C15H14N4O2/c20-15(21)12-9-14(17-6-8-19-7-5-16-10-19)18-13-4-2-1-3-11(12)13/h1-5,7,9-10H,6,8H2,(H,17,18)(H,20,21). The minimum atomic E-state index is -0.953. The van der Waals surface area contributed by atoms with Crippen LogP contribution in [0.1, 0.15) is 10.4 Å². The molecule has 21 heavy (non-hydrogen) atoms. The summed E-state index contributed by atoms with van der Waals surface area (Å²) >= 11 is 0. The van der Waals surface area contributed by atoms with E-state index in [1.54, 1.807) is 24.7 Å². The SMILES string of the molecule is O=C(O)c1cc(NCCn2ccnc2)nc2ccccc12. The number of para-hydroxylation sites is 1. The lowest BCUT2D eigenvalue weighted by Gasteiger charge is -2.09. The maximum Gasteiger partial charge on any atom is 0.336 e. The topological polar surface area (TPSA) is 80.0 Å². The summed E-state index contributed by atoms with van der Waals surface area (Å²) in [5, 5.41) is 13.1. The van der Waals surface area contributed by atoms with E-state index in [-0.39, 0.29) is 5.56 Å². The number of nitrogens with zero attached hydrogens (tertiary/aromatic N) is 3. The third kappa shape index (κ3) is 2.84. The van der Waals surface area contributed by atoms with Crippen LogP contribution in [0.15, 0.2) is 49.1 Å². The fourth-order valence-electron chi connectivity index (χ4n) is 2.17. The zero-order chi connectivity index (χ0) is 14.7. The Kier molecular flexibility index (Phi) is 3.51. The van der Waals surface area contributed by atoms with E-state index in [0.717, 1.165) is 6.54 Å². The van der Waals surface area contributed by atoms with E-state index in [9.17, 15) is 9.90 Å². The first-order valence-corrected chi connectivity index (χ1v) is 6.57. The van der Waals surface area contributed by atoms with Crippen molar-refractivity contribution in [3.63, 3.8) is 0 Å². The van der Waals surface area contributed by atoms with Crippen LogP contribution in [0.3, 0.4) is 0 Å². The van der Waals surface area contributed by atoms with Gasteiger partial charge in [0.2, 0.25) is 0 Å². The Morgan fingerprint density at radius 1 is 1.33 bits per heavy atom. The number of benzene rings is 1. The van der Waals surface area contributed by atoms with Crippen molar-refractivity contribution < 1.29 is 9.90 Å². The molecule has 0 aliphatic rings. The number of pyridine rings is 1. The van der Waals surface area contributed by atoms with Gasteiger partial charge in [-0.1, -0.05) is 18.2 Å². The van der Waals surface area contributed by atoms with Gasteiger partial charge in [-0.2, -0.15) is 0 Å². The third-order valence-electron chi connectivity index (χ3n) is 3.18. The molecule has 6 nitrogen and oxygen atoms in total. The highest BCUT2D eigenvalue weighted by atomic mass is 16.4. The molecule has 2 N–H and O–H groups in total. The molecule has 3 aromatic rings. The number of hydrogen-bond donors (Lipinski definition) is 2. The van der Waals surface area contributed by atoms with Gasteiger partial charge in [-0.15, -0.1) is 0 Å². The number of fused-ring (bicyclic) bond motifs is 1. The monoisotopic (exact) mass is 282 g/mol. The van der Waals surface area contributed by atoms with Gasteiger partial charge >= 0.3 is 5.97 Å². The van der Waals surface area contributed by atoms with Crippen molar-refractivity contribution in [2.45, 2.75) is 6.54 Å². The lowest BCUT2D eigenvalue weighted by atomic mass is 10.1. The molecule has 2 aromatic heterocycles. The van der Waals surface area contributed by atoms with Gasteiger partial charge in [0.25, 0.3) is 0 Å². The summed E-state index contributed by atoms with van der Waals surface area (Å²) in [7, 11) is 0. The number of anilines is 1. The van der Waals surface area contributed by atoms with E-state index in [0.29, 0.717) is 23.3 Å². The zero-order valence-electron chi connectivity index (χ0n) is 11.2. The molecule has 0 amide bonds. The van der Waals surface area contributed by atoms with E-state index in [4.69, 9.17) is 0 Å². The molecule has 1 aromatic carbocycles. The highest BCUT2D eigenvalue weighted by Gasteiger charge is 2.11. The maximum absolute atomic E-state index is 11.4. The minimum Gasteiger partial charge on any atom is -0.478 e. The molecule has 0 saturated carbocycles. The molecule has 0 atom stereocenters. The molecule has 0 bridgehead atoms. The average Bonchev–Trinajstić information content (AvgIpc) is 2.99. The molecule has 0 unspecified atom stereocenters. The average molecular weight is 282 g/mol. The second-order valence-corrected chi connectivity index (χ2v) is 4.60. The van der Waals surface area contributed by atoms with Gasteiger partial charge in [0.15, 0.2) is 0 Å². The van der Waals surface area contributed by atoms with Crippen LogP contribution in [-0.4, -0.2) is 32.2 Å². The Balaban J connectivity index is 1.83. The largest absolute Gasteiger partial charge is 0.478 e. The molecule has 0 fully saturated rings. The predicted molar refractivity (Wildman–Crippen MR) is 79.4 cm³/mol. The number of carboxylic acids is 1. The van der Waals surface area contributed by atoms with Gasteiger partial charge < -0.3 is 15.0 Å². The van der Waals surface area contributed by atoms with Crippen molar-refractivity contribution >= 4 is 22.7 Å². The maximum atomic E-state index is 11.4. The Morgan fingerprint density at radius 2 is 2.19 bits per heavy atom. The fraction of sp³-hybridized carbons (Fsp3) is 0.133. The molecule has 0 aliphatic heterocycles. The van der Waals surface area contributed by atoms with Gasteiger partial charge in [0.05, 0.1) is 17.4 Å². The summed E-state index contributed by atoms with van der Waals surface area (Å²) in [4.78, 5) is 19.8. The second-order valence-electron chi connectivity index (χ2n) is 4.60. The van der Waals surface area contributed by atoms with Gasteiger partial charge in [-0.3, -0.25) is 0 Å². The van der Waals surface area contributed by atoms with E-state index in [2.05, 4.69) is 15.3 Å². The van der Waals surface area contributed by atoms with E-state index in [1.807, 2.05) is 29.0 Å². The van der Waals surface area contributed by atoms with Crippen LogP contribution < -0.4 is 5.32 Å². The van der Waals surface area contributed by atoms with Crippen molar-refractivity contribution in [3.05, 3.63) is 54.6 Å². The number of imidazole rings is 1. The van der Waals surface area contributed by atoms with Crippen molar-refractivity contribution in [1.82, 2.24) is 14.5 Å². The molecular weight excluding hydrogens is 268 g/mol. The normalized spacial score (nSPS) is 10.7. The summed E-state index contributed by atoms with van der Waals surface area (Å²) < 4.78 is 1.94. The molecule has 0 aliphatic carbocycles. The van der Waals surface area contributed by atoms with Gasteiger partial charge in [-0.05, 0) is 12.1 Å². The van der Waals surface area contributed by atoms with Crippen LogP contribution in [0.5, 0.6) is 0 Å². The van der Waals surface area contributed by atoms with E-state index < -0.39 is 5.97 Å². The fourth-order valence-corrected chi connectivity index (χ4v) is 2.17. The predicted octanol–water partition coefficient (Wildman–Crippen LogP) is 2.24. The van der Waals surface area contributed by atoms with Crippen LogP contribution in [0, 0.1) is 0 Å². The van der Waals surface area contributed by atoms with Crippen molar-refractivity contribution in [3.8, 4) is 0 Å². The number of rotatable bonds is 5. The van der Waals surface area contributed by atoms with Crippen molar-refractivity contribution in [1.29, 1.82) is 0 Å². The zero-order valence-corrected chi connectivity index (χ0v) is 11.2. The van der Waals surface area contributed by atoms with Crippen LogP contribution in [0.4, 0.5) is 5.82 Å². The first kappa shape index (κ1) is 13.1. The molecule has 3 rings (SSSR count). The van der Waals surface area contributed by atoms with Crippen LogP contribution >= 0.6 is 0 Å². The summed E-state index contributed by atoms with van der Waals surface area (Å²) in [6.45, 7) is 1.37. The third-order valence-corrected chi connectivity index (χ3v) is 3.18. The molecule has 106 valence electrons. The Bertz CT molecular complexity index is 768. The van der Waals surface area contributed by atoms with Gasteiger partial charge in [-0.25, -0.2) is 14.8 Å². The Morgan fingerprint density at radius 3 is 2.95 bits per heavy atom. The van der Waals surface area contributed by atoms with Crippen molar-refractivity contribution in [2.75, 3.05) is 11.9 Å². The smallest absolute Gasteiger partial charge is 0.336 e. The van der Waals surface area contributed by atoms with Crippen LogP contribution in [0.25, 0.3) is 10.9 Å². The van der Waals surface area contributed by atoms with Crippen LogP contribution in [0.2, 0.25) is 0 Å². The quantitative estimate of drug-likeness (QED) is 0.750. The molecule has 0 spiro atoms. The molecule has 0 radical (unpaired) electrons. The molecule has 6 heteroatoms. The lowest BCUT2D eigenvalue weighted by molar-refractivity contribution is 0.0699. The summed E-state index contributed by atoms with van der Waals surface area (Å²) in [6.07, 6.45) is 5.33. The minimum absolute atomic E-state index is 0.255. The molecule has 0 saturated heterocycles. The van der Waals surface area contributed by atoms with E-state index >= 15 is 0 Å². The second kappa shape index (κ2) is 5.62. The first-order valence-electron chi connectivity index (χ1n) is 6.57. The van der Waals surface area contributed by atoms with Crippen LogP contribution in [-0.2, 0) is 6.54 Å². The summed E-state index contributed by atoms with van der Waals surface area (Å²) in [5.41, 5.74) is 0.924. The van der Waals surface area contributed by atoms with Gasteiger partial charge in [0.1, 0.15) is 5.82 Å². The first-order chi connectivity index (χ1) is 10.2. The Labute approximate surface area is 121 Å². The number of carboxylic acid groups (broad SMARTS) is 1. The number of carbonyl (C=O) groups is 1.